The summed E-state index contributed by atoms with van der Waals surface area (Å²) in [4.78, 5) is 14.9. The predicted octanol–water partition coefficient (Wildman–Crippen LogP) is 5.26. The molecule has 1 heterocycles. The van der Waals surface area contributed by atoms with Crippen LogP contribution in [0.4, 0.5) is 5.69 Å². The Morgan fingerprint density at radius 2 is 1.71 bits per heavy atom. The van der Waals surface area contributed by atoms with E-state index in [2.05, 4.69) is 0 Å². The molecular weight excluding hydrogens is 390 g/mol. The van der Waals surface area contributed by atoms with Gasteiger partial charge in [-0.2, -0.15) is 0 Å². The van der Waals surface area contributed by atoms with Crippen LogP contribution in [0, 0.1) is 6.92 Å². The van der Waals surface area contributed by atoms with Crippen LogP contribution in [0.3, 0.4) is 0 Å². The summed E-state index contributed by atoms with van der Waals surface area (Å²) in [5.41, 5.74) is 4.30. The van der Waals surface area contributed by atoms with Crippen molar-refractivity contribution in [3.8, 4) is 17.2 Å². The standard InChI is InChI=1S/C26H25NO4/c1-17-22(30-16-19-7-5-6-8-23(19)29-4)14-13-21-25(28)24(31-26(17)21)15-18-9-11-20(12-10-18)27(2)3/h5-15H,16H2,1-4H3/b24-15-. The molecule has 1 aliphatic rings. The predicted molar refractivity (Wildman–Crippen MR) is 122 cm³/mol. The van der Waals surface area contributed by atoms with Crippen molar-refractivity contribution in [3.63, 3.8) is 0 Å². The van der Waals surface area contributed by atoms with Gasteiger partial charge in [0.25, 0.3) is 0 Å². The molecule has 0 saturated carbocycles. The Morgan fingerprint density at radius 3 is 2.42 bits per heavy atom. The molecule has 0 atom stereocenters. The molecule has 0 spiro atoms. The first-order valence-corrected chi connectivity index (χ1v) is 10.1. The summed E-state index contributed by atoms with van der Waals surface area (Å²) >= 11 is 0. The van der Waals surface area contributed by atoms with E-state index in [1.165, 1.54) is 0 Å². The molecule has 0 saturated heterocycles. The Hall–Kier alpha value is -3.73. The Balaban J connectivity index is 1.55. The van der Waals surface area contributed by atoms with Crippen LogP contribution in [-0.4, -0.2) is 27.0 Å². The number of hydrogen-bond donors (Lipinski definition) is 0. The number of carbonyl (C=O) groups is 1. The Kier molecular flexibility index (Phi) is 5.67. The Bertz CT molecular complexity index is 1150. The van der Waals surface area contributed by atoms with Crippen molar-refractivity contribution in [2.24, 2.45) is 0 Å². The number of fused-ring (bicyclic) bond motifs is 1. The van der Waals surface area contributed by atoms with E-state index in [1.54, 1.807) is 19.3 Å². The molecule has 3 aromatic rings. The van der Waals surface area contributed by atoms with E-state index < -0.39 is 0 Å². The first-order valence-electron chi connectivity index (χ1n) is 10.1. The molecule has 3 aromatic carbocycles. The number of hydrogen-bond acceptors (Lipinski definition) is 5. The lowest BCUT2D eigenvalue weighted by atomic mass is 10.1. The summed E-state index contributed by atoms with van der Waals surface area (Å²) in [5.74, 6) is 2.20. The second-order valence-electron chi connectivity index (χ2n) is 7.59. The van der Waals surface area contributed by atoms with Crippen molar-refractivity contribution in [3.05, 3.63) is 88.7 Å². The summed E-state index contributed by atoms with van der Waals surface area (Å²) in [7, 11) is 5.62. The Morgan fingerprint density at radius 1 is 0.968 bits per heavy atom. The highest BCUT2D eigenvalue weighted by molar-refractivity contribution is 6.15. The molecule has 0 fully saturated rings. The van der Waals surface area contributed by atoms with Crippen LogP contribution in [0.1, 0.15) is 27.0 Å². The maximum atomic E-state index is 12.8. The molecule has 0 amide bonds. The number of rotatable bonds is 6. The molecule has 0 radical (unpaired) electrons. The number of carbonyl (C=O) groups excluding carboxylic acids is 1. The summed E-state index contributed by atoms with van der Waals surface area (Å²) in [6, 6.07) is 19.3. The average molecular weight is 415 g/mol. The molecule has 31 heavy (non-hydrogen) atoms. The third kappa shape index (κ3) is 4.12. The number of nitrogens with zero attached hydrogens (tertiary/aromatic N) is 1. The van der Waals surface area contributed by atoms with Gasteiger partial charge < -0.3 is 19.1 Å². The van der Waals surface area contributed by atoms with E-state index in [1.807, 2.05) is 80.5 Å². The van der Waals surface area contributed by atoms with Crippen LogP contribution >= 0.6 is 0 Å². The topological polar surface area (TPSA) is 48.0 Å². The third-order valence-corrected chi connectivity index (χ3v) is 5.32. The van der Waals surface area contributed by atoms with Gasteiger partial charge in [-0.1, -0.05) is 30.3 Å². The maximum Gasteiger partial charge on any atom is 0.231 e. The number of methoxy groups -OCH3 is 1. The highest BCUT2D eigenvalue weighted by Gasteiger charge is 2.30. The number of para-hydroxylation sites is 1. The molecule has 158 valence electrons. The maximum absolute atomic E-state index is 12.8. The van der Waals surface area contributed by atoms with E-state index in [0.29, 0.717) is 29.4 Å². The lowest BCUT2D eigenvalue weighted by Gasteiger charge is -2.13. The highest BCUT2D eigenvalue weighted by Crippen LogP contribution is 2.39. The number of allylic oxidation sites excluding steroid dienone is 1. The smallest absolute Gasteiger partial charge is 0.231 e. The van der Waals surface area contributed by atoms with Gasteiger partial charge in [-0.3, -0.25) is 4.79 Å². The van der Waals surface area contributed by atoms with Gasteiger partial charge in [0.05, 0.1) is 12.7 Å². The molecule has 0 aliphatic carbocycles. The number of ketones is 1. The number of ether oxygens (including phenoxy) is 3. The fraction of sp³-hybridized carbons (Fsp3) is 0.192. The fourth-order valence-electron chi connectivity index (χ4n) is 3.52. The van der Waals surface area contributed by atoms with Gasteiger partial charge in [-0.05, 0) is 48.9 Å². The zero-order chi connectivity index (χ0) is 22.0. The van der Waals surface area contributed by atoms with Crippen molar-refractivity contribution in [1.29, 1.82) is 0 Å². The van der Waals surface area contributed by atoms with E-state index in [4.69, 9.17) is 14.2 Å². The van der Waals surface area contributed by atoms with Crippen LogP contribution in [0.2, 0.25) is 0 Å². The van der Waals surface area contributed by atoms with E-state index in [9.17, 15) is 4.79 Å². The van der Waals surface area contributed by atoms with Gasteiger partial charge >= 0.3 is 0 Å². The minimum absolute atomic E-state index is 0.119. The van der Waals surface area contributed by atoms with Crippen molar-refractivity contribution >= 4 is 17.5 Å². The first kappa shape index (κ1) is 20.5. The lowest BCUT2D eigenvalue weighted by molar-refractivity contribution is 0.101. The lowest BCUT2D eigenvalue weighted by Crippen LogP contribution is -2.08. The zero-order valence-corrected chi connectivity index (χ0v) is 18.1. The van der Waals surface area contributed by atoms with E-state index in [0.717, 1.165) is 28.1 Å². The second kappa shape index (κ2) is 8.56. The zero-order valence-electron chi connectivity index (χ0n) is 18.1. The molecule has 4 rings (SSSR count). The quantitative estimate of drug-likeness (QED) is 0.514. The van der Waals surface area contributed by atoms with Crippen LogP contribution in [-0.2, 0) is 6.61 Å². The van der Waals surface area contributed by atoms with Gasteiger partial charge in [0.1, 0.15) is 23.9 Å². The van der Waals surface area contributed by atoms with Gasteiger partial charge in [-0.15, -0.1) is 0 Å². The van der Waals surface area contributed by atoms with Gasteiger partial charge in [0, 0.05) is 30.9 Å². The second-order valence-corrected chi connectivity index (χ2v) is 7.59. The molecule has 0 bridgehead atoms. The van der Waals surface area contributed by atoms with Gasteiger partial charge in [-0.25, -0.2) is 0 Å². The summed E-state index contributed by atoms with van der Waals surface area (Å²) in [5, 5.41) is 0. The summed E-state index contributed by atoms with van der Waals surface area (Å²) < 4.78 is 17.4. The van der Waals surface area contributed by atoms with Crippen LogP contribution in [0.5, 0.6) is 17.2 Å². The van der Waals surface area contributed by atoms with Crippen LogP contribution in [0.25, 0.3) is 6.08 Å². The number of benzene rings is 3. The average Bonchev–Trinajstić information content (AvgIpc) is 3.10. The molecule has 0 aromatic heterocycles. The molecule has 0 unspecified atom stereocenters. The third-order valence-electron chi connectivity index (χ3n) is 5.32. The van der Waals surface area contributed by atoms with Crippen molar-refractivity contribution in [2.45, 2.75) is 13.5 Å². The minimum Gasteiger partial charge on any atom is -0.496 e. The Labute approximate surface area is 182 Å². The highest BCUT2D eigenvalue weighted by atomic mass is 16.5. The van der Waals surface area contributed by atoms with Crippen LogP contribution in [0.15, 0.2) is 66.4 Å². The number of Topliss-reactive ketones (excluding diaryl/α,β-unsaturated/α-hetero) is 1. The SMILES string of the molecule is COc1ccccc1COc1ccc2c(c1C)O/C(=C\c1ccc(N(C)C)cc1)C2=O. The fourth-order valence-corrected chi connectivity index (χ4v) is 3.52. The summed E-state index contributed by atoms with van der Waals surface area (Å²) in [6.45, 7) is 2.26. The molecule has 1 aliphatic heterocycles. The van der Waals surface area contributed by atoms with Crippen molar-refractivity contribution in [1.82, 2.24) is 0 Å². The minimum atomic E-state index is -0.119. The normalized spacial score (nSPS) is 13.7. The molecule has 5 nitrogen and oxygen atoms in total. The molecule has 0 N–H and O–H groups in total. The van der Waals surface area contributed by atoms with Crippen molar-refractivity contribution < 1.29 is 19.0 Å². The summed E-state index contributed by atoms with van der Waals surface area (Å²) in [6.07, 6.45) is 1.77. The molecule has 5 heteroatoms. The van der Waals surface area contributed by atoms with E-state index >= 15 is 0 Å². The van der Waals surface area contributed by atoms with E-state index in [-0.39, 0.29) is 5.78 Å². The molecular formula is C26H25NO4. The van der Waals surface area contributed by atoms with Crippen molar-refractivity contribution in [2.75, 3.05) is 26.1 Å². The largest absolute Gasteiger partial charge is 0.496 e. The van der Waals surface area contributed by atoms with Gasteiger partial charge in [0.2, 0.25) is 5.78 Å². The van der Waals surface area contributed by atoms with Gasteiger partial charge in [0.15, 0.2) is 5.76 Å². The monoisotopic (exact) mass is 415 g/mol. The number of anilines is 1. The van der Waals surface area contributed by atoms with Crippen LogP contribution < -0.4 is 19.1 Å². The first-order chi connectivity index (χ1) is 15.0.